The molecule has 3 nitrogen and oxygen atoms in total. The van der Waals surface area contributed by atoms with Crippen LogP contribution >= 0.6 is 11.3 Å². The number of fused-ring (bicyclic) bond motifs is 1. The van der Waals surface area contributed by atoms with Crippen molar-refractivity contribution < 1.29 is 0 Å². The predicted molar refractivity (Wildman–Crippen MR) is 78.4 cm³/mol. The van der Waals surface area contributed by atoms with Gasteiger partial charge in [0.2, 0.25) is 0 Å². The second-order valence-electron chi connectivity index (χ2n) is 5.27. The number of pyridine rings is 1. The van der Waals surface area contributed by atoms with Gasteiger partial charge in [-0.1, -0.05) is 6.07 Å². The lowest BCUT2D eigenvalue weighted by molar-refractivity contribution is 0.447. The summed E-state index contributed by atoms with van der Waals surface area (Å²) in [7, 11) is 0. The molecule has 2 atom stereocenters. The number of hydrogen-bond donors (Lipinski definition) is 1. The minimum absolute atomic E-state index is 0.121. The number of aromatic nitrogens is 2. The van der Waals surface area contributed by atoms with Gasteiger partial charge in [0, 0.05) is 35.7 Å². The van der Waals surface area contributed by atoms with Crippen LogP contribution in [0.3, 0.4) is 0 Å². The highest BCUT2D eigenvalue weighted by Crippen LogP contribution is 2.32. The van der Waals surface area contributed by atoms with Crippen LogP contribution in [0.15, 0.2) is 23.7 Å². The van der Waals surface area contributed by atoms with E-state index >= 15 is 0 Å². The van der Waals surface area contributed by atoms with Crippen molar-refractivity contribution in [2.24, 2.45) is 5.73 Å². The van der Waals surface area contributed by atoms with Crippen LogP contribution < -0.4 is 5.73 Å². The van der Waals surface area contributed by atoms with Gasteiger partial charge in [0.15, 0.2) is 0 Å². The van der Waals surface area contributed by atoms with E-state index in [0.29, 0.717) is 5.92 Å². The summed E-state index contributed by atoms with van der Waals surface area (Å²) in [6.45, 7) is 2.04. The molecule has 100 valence electrons. The van der Waals surface area contributed by atoms with E-state index in [2.05, 4.69) is 21.4 Å². The van der Waals surface area contributed by atoms with Gasteiger partial charge in [0.05, 0.1) is 10.7 Å². The average Bonchev–Trinajstić information content (AvgIpc) is 2.83. The molecule has 2 N–H and O–H groups in total. The Morgan fingerprint density at radius 2 is 2.42 bits per heavy atom. The van der Waals surface area contributed by atoms with Crippen LogP contribution in [0.4, 0.5) is 0 Å². The summed E-state index contributed by atoms with van der Waals surface area (Å²) >= 11 is 1.70. The molecule has 19 heavy (non-hydrogen) atoms. The molecule has 0 aliphatic heterocycles. The molecule has 2 aromatic rings. The van der Waals surface area contributed by atoms with Crippen molar-refractivity contribution in [3.05, 3.63) is 45.7 Å². The van der Waals surface area contributed by atoms with E-state index in [4.69, 9.17) is 5.73 Å². The zero-order valence-corrected chi connectivity index (χ0v) is 12.0. The highest BCUT2D eigenvalue weighted by atomic mass is 32.1. The van der Waals surface area contributed by atoms with Gasteiger partial charge in [0.1, 0.15) is 0 Å². The molecular weight excluding hydrogens is 254 g/mol. The maximum Gasteiger partial charge on any atom is 0.0897 e. The summed E-state index contributed by atoms with van der Waals surface area (Å²) in [5, 5.41) is 3.24. The Morgan fingerprint density at radius 3 is 3.21 bits per heavy atom. The SMILES string of the molecule is Cc1nc(CC(N)C2CCCc3cccnc32)cs1. The predicted octanol–water partition coefficient (Wildman–Crippen LogP) is 2.84. The normalized spacial score (nSPS) is 20.0. The van der Waals surface area contributed by atoms with E-state index < -0.39 is 0 Å². The number of thiazole rings is 1. The maximum atomic E-state index is 6.43. The summed E-state index contributed by atoms with van der Waals surface area (Å²) in [5.74, 6) is 0.381. The molecule has 0 bridgehead atoms. The molecule has 0 amide bonds. The zero-order valence-electron chi connectivity index (χ0n) is 11.2. The van der Waals surface area contributed by atoms with Gasteiger partial charge in [-0.15, -0.1) is 11.3 Å². The first-order valence-electron chi connectivity index (χ1n) is 6.84. The molecule has 2 unspecified atom stereocenters. The molecular formula is C15H19N3S. The Kier molecular flexibility index (Phi) is 3.62. The molecule has 4 heteroatoms. The minimum Gasteiger partial charge on any atom is -0.327 e. The third-order valence-corrected chi connectivity index (χ3v) is 4.69. The van der Waals surface area contributed by atoms with Crippen molar-refractivity contribution in [1.82, 2.24) is 9.97 Å². The molecule has 2 aromatic heterocycles. The van der Waals surface area contributed by atoms with Gasteiger partial charge in [-0.25, -0.2) is 4.98 Å². The van der Waals surface area contributed by atoms with Gasteiger partial charge in [-0.2, -0.15) is 0 Å². The Bertz CT molecular complexity index is 564. The fraction of sp³-hybridized carbons (Fsp3) is 0.467. The van der Waals surface area contributed by atoms with Crippen LogP contribution in [-0.4, -0.2) is 16.0 Å². The molecule has 1 aliphatic carbocycles. The number of hydrogen-bond acceptors (Lipinski definition) is 4. The Balaban J connectivity index is 1.79. The molecule has 0 spiro atoms. The van der Waals surface area contributed by atoms with E-state index in [1.54, 1.807) is 11.3 Å². The van der Waals surface area contributed by atoms with Crippen molar-refractivity contribution >= 4 is 11.3 Å². The minimum atomic E-state index is 0.121. The Labute approximate surface area is 117 Å². The van der Waals surface area contributed by atoms with E-state index in [1.165, 1.54) is 17.7 Å². The van der Waals surface area contributed by atoms with Crippen molar-refractivity contribution in [2.75, 3.05) is 0 Å². The first kappa shape index (κ1) is 12.8. The second kappa shape index (κ2) is 5.39. The number of nitrogens with zero attached hydrogens (tertiary/aromatic N) is 2. The van der Waals surface area contributed by atoms with Crippen LogP contribution in [0.1, 0.15) is 40.7 Å². The number of nitrogens with two attached hydrogens (primary N) is 1. The summed E-state index contributed by atoms with van der Waals surface area (Å²) in [5.41, 5.74) is 10.1. The molecule has 0 saturated carbocycles. The third kappa shape index (κ3) is 2.69. The molecule has 0 saturated heterocycles. The zero-order chi connectivity index (χ0) is 13.2. The lowest BCUT2D eigenvalue weighted by atomic mass is 9.81. The smallest absolute Gasteiger partial charge is 0.0897 e. The number of rotatable bonds is 3. The van der Waals surface area contributed by atoms with Crippen molar-refractivity contribution in [3.63, 3.8) is 0 Å². The molecule has 0 fully saturated rings. The Hall–Kier alpha value is -1.26. The van der Waals surface area contributed by atoms with Crippen molar-refractivity contribution in [1.29, 1.82) is 0 Å². The highest BCUT2D eigenvalue weighted by molar-refractivity contribution is 7.09. The van der Waals surface area contributed by atoms with Crippen LogP contribution in [0.2, 0.25) is 0 Å². The fourth-order valence-electron chi connectivity index (χ4n) is 2.95. The molecule has 0 radical (unpaired) electrons. The van der Waals surface area contributed by atoms with E-state index in [-0.39, 0.29) is 6.04 Å². The van der Waals surface area contributed by atoms with Crippen molar-refractivity contribution in [3.8, 4) is 0 Å². The number of aryl methyl sites for hydroxylation is 2. The summed E-state index contributed by atoms with van der Waals surface area (Å²) in [6.07, 6.45) is 6.24. The maximum absolute atomic E-state index is 6.43. The van der Waals surface area contributed by atoms with Crippen molar-refractivity contribution in [2.45, 2.75) is 44.6 Å². The first-order chi connectivity index (χ1) is 9.24. The standard InChI is InChI=1S/C15H19N3S/c1-10-18-12(9-19-10)8-14(16)13-6-2-4-11-5-3-7-17-15(11)13/h3,5,7,9,13-14H,2,4,6,8,16H2,1H3. The van der Waals surface area contributed by atoms with E-state index in [0.717, 1.165) is 30.0 Å². The Morgan fingerprint density at radius 1 is 1.53 bits per heavy atom. The summed E-state index contributed by atoms with van der Waals surface area (Å²) in [6, 6.07) is 4.33. The van der Waals surface area contributed by atoms with Gasteiger partial charge >= 0.3 is 0 Å². The van der Waals surface area contributed by atoms with Crippen LogP contribution in [0, 0.1) is 6.92 Å². The largest absolute Gasteiger partial charge is 0.327 e. The highest BCUT2D eigenvalue weighted by Gasteiger charge is 2.27. The lowest BCUT2D eigenvalue weighted by Crippen LogP contribution is -2.33. The fourth-order valence-corrected chi connectivity index (χ4v) is 3.57. The third-order valence-electron chi connectivity index (χ3n) is 3.87. The topological polar surface area (TPSA) is 51.8 Å². The van der Waals surface area contributed by atoms with Crippen LogP contribution in [0.5, 0.6) is 0 Å². The van der Waals surface area contributed by atoms with Gasteiger partial charge < -0.3 is 5.73 Å². The second-order valence-corrected chi connectivity index (χ2v) is 6.33. The van der Waals surface area contributed by atoms with Crippen LogP contribution in [-0.2, 0) is 12.8 Å². The summed E-state index contributed by atoms with van der Waals surface area (Å²) < 4.78 is 0. The van der Waals surface area contributed by atoms with E-state index in [1.807, 2.05) is 19.2 Å². The van der Waals surface area contributed by atoms with Crippen LogP contribution in [0.25, 0.3) is 0 Å². The molecule has 1 aliphatic rings. The molecule has 2 heterocycles. The average molecular weight is 273 g/mol. The van der Waals surface area contributed by atoms with Gasteiger partial charge in [-0.3, -0.25) is 4.98 Å². The molecule has 3 rings (SSSR count). The lowest BCUT2D eigenvalue weighted by Gasteiger charge is -2.28. The summed E-state index contributed by atoms with van der Waals surface area (Å²) in [4.78, 5) is 9.09. The van der Waals surface area contributed by atoms with Gasteiger partial charge in [0.25, 0.3) is 0 Å². The quantitative estimate of drug-likeness (QED) is 0.935. The first-order valence-corrected chi connectivity index (χ1v) is 7.72. The monoisotopic (exact) mass is 273 g/mol. The molecule has 0 aromatic carbocycles. The van der Waals surface area contributed by atoms with E-state index in [9.17, 15) is 0 Å². The van der Waals surface area contributed by atoms with Gasteiger partial charge in [-0.05, 0) is 37.8 Å².